The van der Waals surface area contributed by atoms with E-state index >= 15 is 0 Å². The van der Waals surface area contributed by atoms with E-state index in [0.29, 0.717) is 25.4 Å². The number of carboxylic acid groups (broad SMARTS) is 1. The van der Waals surface area contributed by atoms with E-state index in [1.54, 1.807) is 24.1 Å². The van der Waals surface area contributed by atoms with Gasteiger partial charge in [-0.05, 0) is 19.1 Å². The molecule has 0 spiro atoms. The largest absolute Gasteiger partial charge is 0.480 e. The van der Waals surface area contributed by atoms with Crippen LogP contribution >= 0.6 is 0 Å². The number of hydrogen-bond donors (Lipinski definition) is 1. The highest BCUT2D eigenvalue weighted by Crippen LogP contribution is 2.25. The fourth-order valence-electron chi connectivity index (χ4n) is 3.32. The number of aliphatic carboxylic acids is 1. The van der Waals surface area contributed by atoms with Crippen LogP contribution in [-0.2, 0) is 19.1 Å². The zero-order valence-electron chi connectivity index (χ0n) is 14.9. The van der Waals surface area contributed by atoms with Crippen molar-refractivity contribution >= 4 is 23.3 Å². The normalized spacial score (nSPS) is 25.9. The molecule has 2 heterocycles. The quantitative estimate of drug-likeness (QED) is 0.840. The molecule has 8 nitrogen and oxygen atoms in total. The van der Waals surface area contributed by atoms with Crippen molar-refractivity contribution in [1.29, 1.82) is 0 Å². The number of rotatable bonds is 5. The van der Waals surface area contributed by atoms with Gasteiger partial charge >= 0.3 is 5.97 Å². The number of methoxy groups -OCH3 is 1. The first-order valence-electron chi connectivity index (χ1n) is 8.57. The van der Waals surface area contributed by atoms with E-state index in [0.717, 1.165) is 0 Å². The molecule has 26 heavy (non-hydrogen) atoms. The topological polar surface area (TPSA) is 91.7 Å². The summed E-state index contributed by atoms with van der Waals surface area (Å²) >= 11 is 0. The summed E-state index contributed by atoms with van der Waals surface area (Å²) in [6.07, 6.45) is -0.241. The zero-order valence-corrected chi connectivity index (χ0v) is 14.9. The highest BCUT2D eigenvalue weighted by Gasteiger charge is 2.39. The summed E-state index contributed by atoms with van der Waals surface area (Å²) in [7, 11) is 1.59. The lowest BCUT2D eigenvalue weighted by Crippen LogP contribution is -2.52. The van der Waals surface area contributed by atoms with Crippen molar-refractivity contribution in [3.05, 3.63) is 30.3 Å². The average molecular weight is 361 g/mol. The van der Waals surface area contributed by atoms with Crippen LogP contribution in [0.1, 0.15) is 13.3 Å². The van der Waals surface area contributed by atoms with Crippen LogP contribution in [0.15, 0.2) is 35.4 Å². The molecule has 2 aliphatic heterocycles. The molecule has 0 aromatic heterocycles. The maximum atomic E-state index is 12.9. The van der Waals surface area contributed by atoms with Crippen molar-refractivity contribution in [3.63, 3.8) is 0 Å². The van der Waals surface area contributed by atoms with Crippen molar-refractivity contribution in [2.24, 2.45) is 5.10 Å². The molecule has 0 aliphatic carbocycles. The molecule has 3 rings (SSSR count). The predicted octanol–water partition coefficient (Wildman–Crippen LogP) is 0.968. The molecule has 2 aliphatic rings. The second-order valence-electron chi connectivity index (χ2n) is 6.52. The maximum absolute atomic E-state index is 12.9. The van der Waals surface area contributed by atoms with Gasteiger partial charge in [0.05, 0.1) is 24.5 Å². The van der Waals surface area contributed by atoms with Gasteiger partial charge in [0.25, 0.3) is 5.91 Å². The van der Waals surface area contributed by atoms with Gasteiger partial charge in [-0.25, -0.2) is 4.79 Å². The van der Waals surface area contributed by atoms with Crippen molar-refractivity contribution in [3.8, 4) is 0 Å². The minimum atomic E-state index is -1.01. The first kappa shape index (κ1) is 18.3. The Balaban J connectivity index is 1.79. The van der Waals surface area contributed by atoms with Crippen LogP contribution in [0, 0.1) is 0 Å². The average Bonchev–Trinajstić information content (AvgIpc) is 3.07. The molecule has 1 aromatic carbocycles. The highest BCUT2D eigenvalue weighted by molar-refractivity contribution is 6.40. The van der Waals surface area contributed by atoms with Gasteiger partial charge in [-0.15, -0.1) is 0 Å². The summed E-state index contributed by atoms with van der Waals surface area (Å²) in [6.45, 7) is 3.14. The molecule has 0 saturated carbocycles. The van der Waals surface area contributed by atoms with Gasteiger partial charge in [0.2, 0.25) is 0 Å². The van der Waals surface area contributed by atoms with Crippen LogP contribution in [0.25, 0.3) is 0 Å². The predicted molar refractivity (Wildman–Crippen MR) is 95.2 cm³/mol. The Kier molecular flexibility index (Phi) is 5.53. The molecule has 3 atom stereocenters. The van der Waals surface area contributed by atoms with Gasteiger partial charge in [-0.3, -0.25) is 9.80 Å². The molecule has 0 radical (unpaired) electrons. The summed E-state index contributed by atoms with van der Waals surface area (Å²) in [5.74, 6) is -1.25. The summed E-state index contributed by atoms with van der Waals surface area (Å²) < 4.78 is 10.9. The van der Waals surface area contributed by atoms with E-state index in [2.05, 4.69) is 5.10 Å². The minimum absolute atomic E-state index is 0.0732. The number of morpholine rings is 1. The molecular formula is C18H23N3O5. The number of ether oxygens (including phenoxy) is 2. The van der Waals surface area contributed by atoms with Crippen molar-refractivity contribution in [1.82, 2.24) is 4.90 Å². The molecule has 8 heteroatoms. The fourth-order valence-corrected chi connectivity index (χ4v) is 3.32. The van der Waals surface area contributed by atoms with Crippen molar-refractivity contribution < 1.29 is 24.2 Å². The second-order valence-corrected chi connectivity index (χ2v) is 6.52. The number of carbonyl (C=O) groups is 2. The molecule has 0 bridgehead atoms. The smallest absolute Gasteiger partial charge is 0.328 e. The maximum Gasteiger partial charge on any atom is 0.328 e. The van der Waals surface area contributed by atoms with Crippen molar-refractivity contribution in [2.75, 3.05) is 31.8 Å². The Morgan fingerprint density at radius 2 is 2.04 bits per heavy atom. The van der Waals surface area contributed by atoms with E-state index in [1.807, 2.05) is 25.1 Å². The van der Waals surface area contributed by atoms with Gasteiger partial charge in [0, 0.05) is 26.6 Å². The first-order chi connectivity index (χ1) is 12.5. The summed E-state index contributed by atoms with van der Waals surface area (Å²) in [4.78, 5) is 26.2. The highest BCUT2D eigenvalue weighted by atomic mass is 16.5. The van der Waals surface area contributed by atoms with E-state index in [4.69, 9.17) is 9.47 Å². The molecule has 1 amide bonds. The number of carbonyl (C=O) groups excluding carboxylic acids is 1. The molecule has 3 unspecified atom stereocenters. The number of hydrazone groups is 1. The van der Waals surface area contributed by atoms with Crippen LogP contribution in [0.3, 0.4) is 0 Å². The van der Waals surface area contributed by atoms with Gasteiger partial charge in [-0.2, -0.15) is 5.10 Å². The Morgan fingerprint density at radius 1 is 1.31 bits per heavy atom. The van der Waals surface area contributed by atoms with Crippen LogP contribution in [0.4, 0.5) is 5.69 Å². The standard InChI is InChI=1S/C18H23N3O5/c1-12-9-20(10-14(26-12)11-25-2)17(22)15-8-16(18(23)24)21(19-15)13-6-4-3-5-7-13/h3-7,12,14,16H,8-11H2,1-2H3,(H,23,24). The van der Waals surface area contributed by atoms with Gasteiger partial charge < -0.3 is 19.5 Å². The number of benzene rings is 1. The summed E-state index contributed by atoms with van der Waals surface area (Å²) in [5, 5.41) is 15.3. The second kappa shape index (κ2) is 7.84. The monoisotopic (exact) mass is 361 g/mol. The Bertz CT molecular complexity index is 693. The minimum Gasteiger partial charge on any atom is -0.480 e. The van der Waals surface area contributed by atoms with E-state index in [9.17, 15) is 14.7 Å². The van der Waals surface area contributed by atoms with Crippen LogP contribution < -0.4 is 5.01 Å². The van der Waals surface area contributed by atoms with E-state index < -0.39 is 12.0 Å². The van der Waals surface area contributed by atoms with Crippen LogP contribution in [0.2, 0.25) is 0 Å². The third kappa shape index (κ3) is 3.86. The number of amides is 1. The molecule has 1 aromatic rings. The first-order valence-corrected chi connectivity index (χ1v) is 8.57. The molecule has 1 N–H and O–H groups in total. The third-order valence-electron chi connectivity index (χ3n) is 4.43. The Morgan fingerprint density at radius 3 is 2.69 bits per heavy atom. The van der Waals surface area contributed by atoms with E-state index in [-0.39, 0.29) is 30.2 Å². The molecular weight excluding hydrogens is 338 g/mol. The number of hydrogen-bond acceptors (Lipinski definition) is 6. The lowest BCUT2D eigenvalue weighted by Gasteiger charge is -2.36. The SMILES string of the molecule is COCC1CN(C(=O)C2=NN(c3ccccc3)C(C(=O)O)C2)CC(C)O1. The van der Waals surface area contributed by atoms with Gasteiger partial charge in [0.15, 0.2) is 6.04 Å². The number of carboxylic acids is 1. The lowest BCUT2D eigenvalue weighted by molar-refractivity contribution is -0.141. The molecule has 1 fully saturated rings. The van der Waals surface area contributed by atoms with Crippen molar-refractivity contribution in [2.45, 2.75) is 31.6 Å². The number of nitrogens with zero attached hydrogens (tertiary/aromatic N) is 3. The third-order valence-corrected chi connectivity index (χ3v) is 4.43. The molecule has 140 valence electrons. The van der Waals surface area contributed by atoms with Crippen LogP contribution in [-0.4, -0.2) is 72.7 Å². The fraction of sp³-hybridized carbons (Fsp3) is 0.500. The van der Waals surface area contributed by atoms with Crippen LogP contribution in [0.5, 0.6) is 0 Å². The Labute approximate surface area is 152 Å². The number of anilines is 1. The Hall–Kier alpha value is -2.45. The van der Waals surface area contributed by atoms with Gasteiger partial charge in [-0.1, -0.05) is 18.2 Å². The number of para-hydroxylation sites is 1. The summed E-state index contributed by atoms with van der Waals surface area (Å²) in [6, 6.07) is 8.13. The van der Waals surface area contributed by atoms with E-state index in [1.165, 1.54) is 5.01 Å². The molecule has 1 saturated heterocycles. The summed E-state index contributed by atoms with van der Waals surface area (Å²) in [5.41, 5.74) is 0.904. The lowest BCUT2D eigenvalue weighted by atomic mass is 10.1. The zero-order chi connectivity index (χ0) is 18.7. The van der Waals surface area contributed by atoms with Gasteiger partial charge in [0.1, 0.15) is 5.71 Å².